The first kappa shape index (κ1) is 21.0. The van der Waals surface area contributed by atoms with Crippen LogP contribution in [0.5, 0.6) is 0 Å². The van der Waals surface area contributed by atoms with Gasteiger partial charge in [-0.2, -0.15) is 0 Å². The first-order valence-electron chi connectivity index (χ1n) is 9.94. The van der Waals surface area contributed by atoms with Crippen molar-refractivity contribution in [1.29, 1.82) is 0 Å². The van der Waals surface area contributed by atoms with Crippen LogP contribution >= 0.6 is 0 Å². The van der Waals surface area contributed by atoms with Crippen molar-refractivity contribution in [3.8, 4) is 0 Å². The monoisotopic (exact) mass is 407 g/mol. The van der Waals surface area contributed by atoms with Crippen molar-refractivity contribution in [2.24, 2.45) is 11.8 Å². The van der Waals surface area contributed by atoms with Gasteiger partial charge in [0, 0.05) is 32.5 Å². The number of carbonyl (C=O) groups is 2. The summed E-state index contributed by atoms with van der Waals surface area (Å²) in [5, 5.41) is 0. The Labute approximate surface area is 167 Å². The molecule has 0 aliphatic carbocycles. The Hall–Kier alpha value is -1.77. The highest BCUT2D eigenvalue weighted by atomic mass is 32.2. The van der Waals surface area contributed by atoms with E-state index >= 15 is 0 Å². The quantitative estimate of drug-likeness (QED) is 0.552. The normalized spacial score (nSPS) is 24.1. The molecule has 1 aromatic rings. The molecule has 2 saturated heterocycles. The summed E-state index contributed by atoms with van der Waals surface area (Å²) in [5.41, 5.74) is 0.416. The van der Waals surface area contributed by atoms with Gasteiger partial charge in [0.2, 0.25) is 21.8 Å². The van der Waals surface area contributed by atoms with Crippen LogP contribution in [0.3, 0.4) is 0 Å². The number of benzene rings is 1. The van der Waals surface area contributed by atoms with Crippen molar-refractivity contribution in [2.75, 3.05) is 31.1 Å². The molecule has 2 amide bonds. The maximum atomic E-state index is 12.5. The average Bonchev–Trinajstić information content (AvgIpc) is 2.96. The number of amides is 2. The first-order chi connectivity index (χ1) is 13.3. The standard InChI is InChI=1S/C20H29N3O4S/c1-15-12-16(2)14-22(13-15)11-3-10-21-28(26,27)18-6-4-17(5-7-18)23-19(24)8-9-20(23)25/h4-7,15-16,21H,3,8-14H2,1-2H3/t15-,16-/m1/s1. The van der Waals surface area contributed by atoms with Gasteiger partial charge in [-0.15, -0.1) is 0 Å². The van der Waals surface area contributed by atoms with Gasteiger partial charge in [-0.1, -0.05) is 13.8 Å². The highest BCUT2D eigenvalue weighted by molar-refractivity contribution is 7.89. The second kappa shape index (κ2) is 8.71. The molecular weight excluding hydrogens is 378 g/mol. The minimum absolute atomic E-state index is 0.135. The Morgan fingerprint density at radius 2 is 1.57 bits per heavy atom. The number of hydrogen-bond donors (Lipinski definition) is 1. The molecule has 0 saturated carbocycles. The average molecular weight is 408 g/mol. The van der Waals surface area contributed by atoms with Gasteiger partial charge in [0.15, 0.2) is 0 Å². The van der Waals surface area contributed by atoms with Crippen LogP contribution in [0.4, 0.5) is 5.69 Å². The molecule has 2 aliphatic heterocycles. The Balaban J connectivity index is 1.52. The fourth-order valence-corrected chi connectivity index (χ4v) is 5.28. The van der Waals surface area contributed by atoms with E-state index in [1.54, 1.807) is 0 Å². The van der Waals surface area contributed by atoms with Crippen LogP contribution in [0, 0.1) is 11.8 Å². The van der Waals surface area contributed by atoms with E-state index in [0.29, 0.717) is 24.1 Å². The van der Waals surface area contributed by atoms with Crippen LogP contribution in [0.15, 0.2) is 29.2 Å². The molecule has 154 valence electrons. The van der Waals surface area contributed by atoms with Gasteiger partial charge in [0.1, 0.15) is 0 Å². The number of nitrogens with one attached hydrogen (secondary N) is 1. The zero-order valence-corrected chi connectivity index (χ0v) is 17.4. The minimum atomic E-state index is -3.61. The van der Waals surface area contributed by atoms with Gasteiger partial charge in [-0.25, -0.2) is 13.1 Å². The summed E-state index contributed by atoms with van der Waals surface area (Å²) in [7, 11) is -3.61. The zero-order valence-electron chi connectivity index (χ0n) is 16.6. The van der Waals surface area contributed by atoms with Gasteiger partial charge in [0.05, 0.1) is 10.6 Å². The van der Waals surface area contributed by atoms with Crippen molar-refractivity contribution < 1.29 is 18.0 Å². The number of rotatable bonds is 7. The molecule has 2 aliphatic rings. The number of anilines is 1. The molecule has 0 aromatic heterocycles. The summed E-state index contributed by atoms with van der Waals surface area (Å²) in [6.07, 6.45) is 2.42. The SMILES string of the molecule is C[C@@H]1C[C@@H](C)CN(CCCNS(=O)(=O)c2ccc(N3C(=O)CCC3=O)cc2)C1. The van der Waals surface area contributed by atoms with Gasteiger partial charge in [-0.3, -0.25) is 14.5 Å². The number of likely N-dealkylation sites (tertiary alicyclic amines) is 1. The Bertz CT molecular complexity index is 796. The maximum Gasteiger partial charge on any atom is 0.240 e. The lowest BCUT2D eigenvalue weighted by molar-refractivity contribution is -0.121. The maximum absolute atomic E-state index is 12.5. The molecule has 1 N–H and O–H groups in total. The summed E-state index contributed by atoms with van der Waals surface area (Å²) in [4.78, 5) is 27.2. The number of nitrogens with zero attached hydrogens (tertiary/aromatic N) is 2. The number of carbonyl (C=O) groups excluding carboxylic acids is 2. The lowest BCUT2D eigenvalue weighted by Gasteiger charge is -2.34. The lowest BCUT2D eigenvalue weighted by Crippen LogP contribution is -2.40. The fraction of sp³-hybridized carbons (Fsp3) is 0.600. The van der Waals surface area contributed by atoms with E-state index < -0.39 is 10.0 Å². The molecule has 3 rings (SSSR count). The largest absolute Gasteiger partial charge is 0.303 e. The van der Waals surface area contributed by atoms with E-state index in [1.165, 1.54) is 30.7 Å². The van der Waals surface area contributed by atoms with E-state index in [2.05, 4.69) is 23.5 Å². The van der Waals surface area contributed by atoms with Crippen molar-refractivity contribution in [1.82, 2.24) is 9.62 Å². The highest BCUT2D eigenvalue weighted by Crippen LogP contribution is 2.24. The van der Waals surface area contributed by atoms with E-state index in [-0.39, 0.29) is 29.6 Å². The van der Waals surface area contributed by atoms with Crippen LogP contribution in [0.2, 0.25) is 0 Å². The van der Waals surface area contributed by atoms with Crippen molar-refractivity contribution in [3.05, 3.63) is 24.3 Å². The van der Waals surface area contributed by atoms with E-state index in [4.69, 9.17) is 0 Å². The fourth-order valence-electron chi connectivity index (χ4n) is 4.21. The third kappa shape index (κ3) is 4.98. The third-order valence-corrected chi connectivity index (χ3v) is 6.82. The molecule has 2 heterocycles. The van der Waals surface area contributed by atoms with Gasteiger partial charge in [0.25, 0.3) is 0 Å². The van der Waals surface area contributed by atoms with Crippen molar-refractivity contribution in [2.45, 2.75) is 44.4 Å². The second-order valence-corrected chi connectivity index (χ2v) is 9.84. The van der Waals surface area contributed by atoms with Crippen LogP contribution in [0.1, 0.15) is 39.5 Å². The smallest absolute Gasteiger partial charge is 0.240 e. The molecule has 0 radical (unpaired) electrons. The third-order valence-electron chi connectivity index (χ3n) is 5.34. The zero-order chi connectivity index (χ0) is 20.3. The van der Waals surface area contributed by atoms with Gasteiger partial charge in [-0.05, 0) is 55.5 Å². The molecule has 7 nitrogen and oxygen atoms in total. The van der Waals surface area contributed by atoms with Crippen LogP contribution in [-0.2, 0) is 19.6 Å². The summed E-state index contributed by atoms with van der Waals surface area (Å²) < 4.78 is 27.6. The second-order valence-electron chi connectivity index (χ2n) is 8.07. The molecule has 0 bridgehead atoms. The summed E-state index contributed by atoms with van der Waals surface area (Å²) in [5.74, 6) is 0.877. The molecular formula is C20H29N3O4S. The number of sulfonamides is 1. The van der Waals surface area contributed by atoms with Crippen LogP contribution < -0.4 is 9.62 Å². The van der Waals surface area contributed by atoms with Crippen molar-refractivity contribution >= 4 is 27.5 Å². The number of hydrogen-bond acceptors (Lipinski definition) is 5. The van der Waals surface area contributed by atoms with Crippen LogP contribution in [-0.4, -0.2) is 51.3 Å². The minimum Gasteiger partial charge on any atom is -0.303 e. The van der Waals surface area contributed by atoms with E-state index in [0.717, 1.165) is 31.0 Å². The van der Waals surface area contributed by atoms with E-state index in [9.17, 15) is 18.0 Å². The molecule has 2 atom stereocenters. The Morgan fingerprint density at radius 1 is 1.00 bits per heavy atom. The van der Waals surface area contributed by atoms with Crippen molar-refractivity contribution in [3.63, 3.8) is 0 Å². The van der Waals surface area contributed by atoms with E-state index in [1.807, 2.05) is 0 Å². The van der Waals surface area contributed by atoms with Gasteiger partial charge >= 0.3 is 0 Å². The molecule has 1 aromatic carbocycles. The molecule has 0 spiro atoms. The Kier molecular flexibility index (Phi) is 6.52. The Morgan fingerprint density at radius 3 is 2.14 bits per heavy atom. The van der Waals surface area contributed by atoms with Crippen LogP contribution in [0.25, 0.3) is 0 Å². The highest BCUT2D eigenvalue weighted by Gasteiger charge is 2.30. The molecule has 8 heteroatoms. The predicted molar refractivity (Wildman–Crippen MR) is 107 cm³/mol. The van der Waals surface area contributed by atoms with Gasteiger partial charge < -0.3 is 4.90 Å². The number of piperidine rings is 1. The topological polar surface area (TPSA) is 86.8 Å². The molecule has 28 heavy (non-hydrogen) atoms. The predicted octanol–water partition coefficient (Wildman–Crippen LogP) is 1.99. The lowest BCUT2D eigenvalue weighted by atomic mass is 9.92. The summed E-state index contributed by atoms with van der Waals surface area (Å²) in [6, 6.07) is 5.88. The molecule has 0 unspecified atom stereocenters. The first-order valence-corrected chi connectivity index (χ1v) is 11.4. The molecule has 2 fully saturated rings. The summed E-state index contributed by atoms with van der Waals surface area (Å²) >= 11 is 0. The number of imide groups is 1. The summed E-state index contributed by atoms with van der Waals surface area (Å²) in [6.45, 7) is 7.94.